The summed E-state index contributed by atoms with van der Waals surface area (Å²) >= 11 is 3.56. The number of aromatic hydroxyl groups is 1. The lowest BCUT2D eigenvalue weighted by Crippen LogP contribution is -1.95. The van der Waals surface area contributed by atoms with Crippen LogP contribution in [-0.2, 0) is 0 Å². The van der Waals surface area contributed by atoms with Crippen LogP contribution in [0.5, 0.6) is 5.75 Å². The normalized spacial score (nSPS) is 11.3. The van der Waals surface area contributed by atoms with Crippen molar-refractivity contribution in [2.24, 2.45) is 0 Å². The summed E-state index contributed by atoms with van der Waals surface area (Å²) in [5.41, 5.74) is 2.94. The molecule has 4 aromatic rings. The zero-order valence-corrected chi connectivity index (χ0v) is 12.7. The summed E-state index contributed by atoms with van der Waals surface area (Å²) in [6, 6.07) is 22.0. The maximum atomic E-state index is 10.3. The number of phenols is 1. The Bertz CT molecular complexity index is 898. The molecule has 3 aromatic carbocycles. The van der Waals surface area contributed by atoms with E-state index < -0.39 is 0 Å². The summed E-state index contributed by atoms with van der Waals surface area (Å²) in [5.74, 6) is 0.260. The van der Waals surface area contributed by atoms with Crippen molar-refractivity contribution in [3.8, 4) is 11.4 Å². The molecule has 0 aliphatic rings. The summed E-state index contributed by atoms with van der Waals surface area (Å²) in [6.45, 7) is 0. The summed E-state index contributed by atoms with van der Waals surface area (Å²) in [4.78, 5) is 0. The molecule has 1 aromatic heterocycles. The molecule has 0 fully saturated rings. The van der Waals surface area contributed by atoms with Gasteiger partial charge in [-0.3, -0.25) is 0 Å². The van der Waals surface area contributed by atoms with Crippen LogP contribution in [0.25, 0.3) is 27.5 Å². The Labute approximate surface area is 130 Å². The number of fused-ring (bicyclic) bond motifs is 3. The fourth-order valence-electron chi connectivity index (χ4n) is 2.89. The van der Waals surface area contributed by atoms with Crippen LogP contribution in [0.15, 0.2) is 71.2 Å². The number of rotatable bonds is 1. The van der Waals surface area contributed by atoms with E-state index >= 15 is 0 Å². The van der Waals surface area contributed by atoms with Crippen molar-refractivity contribution in [3.05, 3.63) is 71.2 Å². The minimum absolute atomic E-state index is 0.260. The van der Waals surface area contributed by atoms with Gasteiger partial charge in [0.2, 0.25) is 0 Å². The van der Waals surface area contributed by atoms with Crippen molar-refractivity contribution in [3.63, 3.8) is 0 Å². The Hall–Kier alpha value is -2.26. The first-order chi connectivity index (χ1) is 10.3. The van der Waals surface area contributed by atoms with Gasteiger partial charge < -0.3 is 9.67 Å². The fourth-order valence-corrected chi connectivity index (χ4v) is 3.42. The van der Waals surface area contributed by atoms with Crippen LogP contribution >= 0.6 is 15.9 Å². The predicted molar refractivity (Wildman–Crippen MR) is 90.1 cm³/mol. The fraction of sp³-hybridized carbons (Fsp3) is 0. The molecule has 4 rings (SSSR count). The Balaban J connectivity index is 2.26. The van der Waals surface area contributed by atoms with E-state index in [0.29, 0.717) is 0 Å². The highest BCUT2D eigenvalue weighted by molar-refractivity contribution is 9.10. The Kier molecular flexibility index (Phi) is 2.76. The van der Waals surface area contributed by atoms with Crippen molar-refractivity contribution < 1.29 is 5.11 Å². The zero-order valence-electron chi connectivity index (χ0n) is 11.1. The molecule has 0 aliphatic heterocycles. The van der Waals surface area contributed by atoms with E-state index in [9.17, 15) is 5.11 Å². The van der Waals surface area contributed by atoms with Gasteiger partial charge in [0, 0.05) is 15.2 Å². The van der Waals surface area contributed by atoms with Crippen LogP contribution in [-0.4, -0.2) is 9.67 Å². The lowest BCUT2D eigenvalue weighted by atomic mass is 10.2. The van der Waals surface area contributed by atoms with E-state index in [1.807, 2.05) is 36.4 Å². The molecule has 0 unspecified atom stereocenters. The number of nitrogens with zero attached hydrogens (tertiary/aromatic N) is 1. The molecule has 0 bridgehead atoms. The largest absolute Gasteiger partial charge is 0.506 e. The lowest BCUT2D eigenvalue weighted by Gasteiger charge is -2.11. The first-order valence-corrected chi connectivity index (χ1v) is 7.53. The van der Waals surface area contributed by atoms with Crippen molar-refractivity contribution in [1.29, 1.82) is 0 Å². The van der Waals surface area contributed by atoms with E-state index in [-0.39, 0.29) is 5.75 Å². The summed E-state index contributed by atoms with van der Waals surface area (Å²) < 4.78 is 2.97. The highest BCUT2D eigenvalue weighted by atomic mass is 79.9. The monoisotopic (exact) mass is 337 g/mol. The minimum atomic E-state index is 0.260. The minimum Gasteiger partial charge on any atom is -0.506 e. The van der Waals surface area contributed by atoms with Crippen LogP contribution in [0.4, 0.5) is 0 Å². The standard InChI is InChI=1S/C18H12BrNO/c19-14-8-5-11-17(21)18(14)20-15-9-3-1-6-12(15)13-7-2-4-10-16(13)20/h1-11,21H. The summed E-state index contributed by atoms with van der Waals surface area (Å²) in [5, 5.41) is 12.7. The molecule has 0 atom stereocenters. The average molecular weight is 338 g/mol. The van der Waals surface area contributed by atoms with Gasteiger partial charge in [0.15, 0.2) is 0 Å². The third-order valence-corrected chi connectivity index (χ3v) is 4.41. The van der Waals surface area contributed by atoms with Crippen molar-refractivity contribution >= 4 is 37.7 Å². The highest BCUT2D eigenvalue weighted by Gasteiger charge is 2.15. The molecular weight excluding hydrogens is 326 g/mol. The van der Waals surface area contributed by atoms with Crippen molar-refractivity contribution in [2.75, 3.05) is 0 Å². The molecule has 0 spiro atoms. The number of halogens is 1. The SMILES string of the molecule is Oc1cccc(Br)c1-n1c2ccccc2c2ccccc21. The van der Waals surface area contributed by atoms with Crippen molar-refractivity contribution in [1.82, 2.24) is 4.57 Å². The molecule has 0 amide bonds. The molecule has 2 nitrogen and oxygen atoms in total. The van der Waals surface area contributed by atoms with Crippen LogP contribution in [0, 0.1) is 0 Å². The molecule has 21 heavy (non-hydrogen) atoms. The third-order valence-electron chi connectivity index (χ3n) is 3.77. The molecule has 0 aliphatic carbocycles. The first kappa shape index (κ1) is 12.5. The van der Waals surface area contributed by atoms with Gasteiger partial charge in [-0.05, 0) is 40.2 Å². The van der Waals surface area contributed by atoms with Gasteiger partial charge in [-0.25, -0.2) is 0 Å². The van der Waals surface area contributed by atoms with Crippen LogP contribution in [0.3, 0.4) is 0 Å². The van der Waals surface area contributed by atoms with Crippen LogP contribution in [0.2, 0.25) is 0 Å². The molecule has 0 saturated carbocycles. The molecule has 0 saturated heterocycles. The van der Waals surface area contributed by atoms with Crippen molar-refractivity contribution in [2.45, 2.75) is 0 Å². The van der Waals surface area contributed by atoms with Gasteiger partial charge in [0.05, 0.1) is 11.0 Å². The van der Waals surface area contributed by atoms with E-state index in [4.69, 9.17) is 0 Å². The Morgan fingerprint density at radius 1 is 0.714 bits per heavy atom. The van der Waals surface area contributed by atoms with Gasteiger partial charge in [0.25, 0.3) is 0 Å². The molecule has 1 N–H and O–H groups in total. The molecule has 3 heteroatoms. The predicted octanol–water partition coefficient (Wildman–Crippen LogP) is 5.25. The van der Waals surface area contributed by atoms with Crippen LogP contribution < -0.4 is 0 Å². The summed E-state index contributed by atoms with van der Waals surface area (Å²) in [7, 11) is 0. The second kappa shape index (κ2) is 4.64. The second-order valence-corrected chi connectivity index (χ2v) is 5.83. The van der Waals surface area contributed by atoms with E-state index in [1.165, 1.54) is 10.8 Å². The first-order valence-electron chi connectivity index (χ1n) is 6.73. The van der Waals surface area contributed by atoms with Gasteiger partial charge in [-0.1, -0.05) is 42.5 Å². The molecular formula is C18H12BrNO. The van der Waals surface area contributed by atoms with Gasteiger partial charge in [-0.15, -0.1) is 0 Å². The second-order valence-electron chi connectivity index (χ2n) is 4.98. The summed E-state index contributed by atoms with van der Waals surface area (Å²) in [6.07, 6.45) is 0. The highest BCUT2D eigenvalue weighted by Crippen LogP contribution is 2.37. The maximum Gasteiger partial charge on any atom is 0.140 e. The number of phenolic OH excluding ortho intramolecular Hbond substituents is 1. The number of benzene rings is 3. The topological polar surface area (TPSA) is 25.2 Å². The maximum absolute atomic E-state index is 10.3. The number of para-hydroxylation sites is 3. The smallest absolute Gasteiger partial charge is 0.140 e. The number of hydrogen-bond acceptors (Lipinski definition) is 1. The molecule has 102 valence electrons. The van der Waals surface area contributed by atoms with Gasteiger partial charge in [-0.2, -0.15) is 0 Å². The van der Waals surface area contributed by atoms with Gasteiger partial charge >= 0.3 is 0 Å². The Morgan fingerprint density at radius 2 is 1.29 bits per heavy atom. The zero-order chi connectivity index (χ0) is 14.4. The lowest BCUT2D eigenvalue weighted by molar-refractivity contribution is 0.472. The quantitative estimate of drug-likeness (QED) is 0.504. The molecule has 1 heterocycles. The van der Waals surface area contributed by atoms with Gasteiger partial charge in [0.1, 0.15) is 11.4 Å². The third kappa shape index (κ3) is 1.78. The number of hydrogen-bond donors (Lipinski definition) is 1. The molecule has 0 radical (unpaired) electrons. The van der Waals surface area contributed by atoms with E-state index in [0.717, 1.165) is 21.2 Å². The average Bonchev–Trinajstić information content (AvgIpc) is 2.83. The van der Waals surface area contributed by atoms with E-state index in [2.05, 4.69) is 44.8 Å². The number of aromatic nitrogens is 1. The van der Waals surface area contributed by atoms with E-state index in [1.54, 1.807) is 6.07 Å². The van der Waals surface area contributed by atoms with Crippen LogP contribution in [0.1, 0.15) is 0 Å². The Morgan fingerprint density at radius 3 is 1.86 bits per heavy atom.